The van der Waals surface area contributed by atoms with Gasteiger partial charge in [0.15, 0.2) is 11.6 Å². The highest BCUT2D eigenvalue weighted by Crippen LogP contribution is 2.26. The van der Waals surface area contributed by atoms with Crippen molar-refractivity contribution < 1.29 is 72.3 Å². The number of hydrogen-bond acceptors (Lipinski definition) is 16. The van der Waals surface area contributed by atoms with E-state index >= 15 is 0 Å². The molecule has 0 aliphatic heterocycles. The molecule has 512 valence electrons. The van der Waals surface area contributed by atoms with Gasteiger partial charge in [-0.25, -0.2) is 19.2 Å². The first-order valence-electron chi connectivity index (χ1n) is 32.0. The first kappa shape index (κ1) is 79.3. The number of ether oxygens (including phenoxy) is 4. The van der Waals surface area contributed by atoms with Crippen molar-refractivity contribution in [1.82, 2.24) is 21.3 Å². The molecule has 5 aromatic rings. The van der Waals surface area contributed by atoms with Gasteiger partial charge in [-0.2, -0.15) is 0 Å². The molecule has 8 N–H and O–H groups in total. The highest BCUT2D eigenvalue weighted by molar-refractivity contribution is 5.93. The van der Waals surface area contributed by atoms with E-state index in [1.54, 1.807) is 65.8 Å². The molecule has 5 rings (SSSR count). The smallest absolute Gasteiger partial charge is 0.408 e. The molecule has 5 aromatic carbocycles. The highest BCUT2D eigenvalue weighted by atomic mass is 16.6. The van der Waals surface area contributed by atoms with E-state index in [0.29, 0.717) is 58.0 Å². The summed E-state index contributed by atoms with van der Waals surface area (Å²) < 4.78 is 21.2. The molecule has 20 heteroatoms. The first-order chi connectivity index (χ1) is 44.2. The molecule has 0 bridgehead atoms. The number of amides is 4. The Hall–Kier alpha value is -8.91. The van der Waals surface area contributed by atoms with Gasteiger partial charge in [-0.15, -0.1) is 0 Å². The zero-order chi connectivity index (χ0) is 70.1. The quantitative estimate of drug-likeness (QED) is 0.0160. The normalized spacial score (nSPS) is 12.6. The van der Waals surface area contributed by atoms with E-state index in [0.717, 1.165) is 50.1 Å². The number of hydrogen-bond donors (Lipinski definition) is 7. The number of alkyl carbamates (subject to hydrolysis) is 4. The zero-order valence-corrected chi connectivity index (χ0v) is 57.2. The van der Waals surface area contributed by atoms with Crippen LogP contribution < -0.4 is 27.0 Å². The van der Waals surface area contributed by atoms with Gasteiger partial charge in [0.2, 0.25) is 0 Å². The zero-order valence-electron chi connectivity index (χ0n) is 57.2. The minimum absolute atomic E-state index is 0.0292. The SMILES string of the molecule is CC(=O)C(CCCCNC(=O)OC(C)(C)C)CC(=O)C(Cc1c(C)cc(O)cc1C)NC(=O)OCc1ccccc1.CC(=O)C(CCCCNC(=O)OCc1ccccc1)CC(=O)C(Cc1c(C)cc(O)cc1C)NC(=O)OC(C)(C)C.CC(=O)C(N)Cc1ccccc1. The van der Waals surface area contributed by atoms with E-state index in [2.05, 4.69) is 21.3 Å². The van der Waals surface area contributed by atoms with Crippen LogP contribution in [0.5, 0.6) is 11.5 Å². The van der Waals surface area contributed by atoms with Crippen LogP contribution in [0, 0.1) is 39.5 Å². The lowest BCUT2D eigenvalue weighted by molar-refractivity contribution is -0.128. The van der Waals surface area contributed by atoms with Gasteiger partial charge < -0.3 is 56.2 Å². The Labute approximate surface area is 555 Å². The van der Waals surface area contributed by atoms with Gasteiger partial charge in [-0.05, 0) is 196 Å². The van der Waals surface area contributed by atoms with Crippen molar-refractivity contribution in [3.05, 3.63) is 165 Å². The molecule has 0 heterocycles. The predicted octanol–water partition coefficient (Wildman–Crippen LogP) is 12.6. The summed E-state index contributed by atoms with van der Waals surface area (Å²) in [6.45, 7) is 23.4. The number of phenolic OH excluding ortho intramolecular Hbond substituents is 2. The van der Waals surface area contributed by atoms with Gasteiger partial charge in [-0.3, -0.25) is 24.0 Å². The van der Waals surface area contributed by atoms with Crippen molar-refractivity contribution in [2.24, 2.45) is 17.6 Å². The summed E-state index contributed by atoms with van der Waals surface area (Å²) in [4.78, 5) is 112. The fourth-order valence-electron chi connectivity index (χ4n) is 10.0. The Bertz CT molecular complexity index is 3210. The second-order valence-electron chi connectivity index (χ2n) is 25.8. The third-order valence-corrected chi connectivity index (χ3v) is 15.1. The second-order valence-corrected chi connectivity index (χ2v) is 25.8. The Morgan fingerprint density at radius 1 is 0.447 bits per heavy atom. The molecule has 20 nitrogen and oxygen atoms in total. The van der Waals surface area contributed by atoms with Gasteiger partial charge in [0.1, 0.15) is 53.3 Å². The van der Waals surface area contributed by atoms with Crippen molar-refractivity contribution in [2.75, 3.05) is 13.1 Å². The first-order valence-corrected chi connectivity index (χ1v) is 32.0. The number of nitrogens with one attached hydrogen (secondary N) is 4. The Balaban J connectivity index is 0.000000415. The van der Waals surface area contributed by atoms with Crippen molar-refractivity contribution in [3.63, 3.8) is 0 Å². The Morgan fingerprint density at radius 2 is 0.787 bits per heavy atom. The molecule has 0 radical (unpaired) electrons. The number of ketones is 5. The van der Waals surface area contributed by atoms with Crippen LogP contribution in [0.2, 0.25) is 0 Å². The number of benzene rings is 5. The van der Waals surface area contributed by atoms with Crippen molar-refractivity contribution in [1.29, 1.82) is 0 Å². The van der Waals surface area contributed by atoms with E-state index in [1.165, 1.54) is 20.8 Å². The molecule has 0 fully saturated rings. The molecule has 4 amide bonds. The van der Waals surface area contributed by atoms with Gasteiger partial charge in [0.05, 0.1) is 18.1 Å². The van der Waals surface area contributed by atoms with Crippen molar-refractivity contribution in [3.8, 4) is 11.5 Å². The standard InChI is InChI=1S/2C32H44N2O7.C10H13NO/c1-21-16-26(36)17-22(2)27(21)19-28(34-31(39)40-20-24-12-8-7-9-13-24)29(37)18-25(23(3)35)14-10-11-15-33-30(38)41-32(4,5)6;1-21-16-26(36)17-22(2)27(21)19-28(34-31(39)41-32(4,5)6)29(37)18-25(23(3)35)14-10-11-15-33-30(38)40-20-24-12-8-7-9-13-24;1-8(12)10(11)7-9-5-3-2-4-6-9/h2*7-9,12-13,16-17,25,28,36H,10-11,14-15,18-20H2,1-6H3,(H,33,38)(H,34,39);2-6,10H,7,11H2,1H3. The van der Waals surface area contributed by atoms with Crippen LogP contribution in [0.1, 0.15) is 164 Å². The van der Waals surface area contributed by atoms with Crippen LogP contribution in [-0.2, 0) is 75.4 Å². The largest absolute Gasteiger partial charge is 0.508 e. The number of carbonyl (C=O) groups excluding carboxylic acids is 9. The molecule has 5 atom stereocenters. The lowest BCUT2D eigenvalue weighted by Crippen LogP contribution is -2.45. The summed E-state index contributed by atoms with van der Waals surface area (Å²) >= 11 is 0. The van der Waals surface area contributed by atoms with E-state index < -0.39 is 59.5 Å². The summed E-state index contributed by atoms with van der Waals surface area (Å²) in [5, 5.41) is 30.7. The second kappa shape index (κ2) is 40.3. The number of unbranched alkanes of at least 4 members (excludes halogenated alkanes) is 2. The van der Waals surface area contributed by atoms with E-state index in [9.17, 15) is 53.4 Å². The molecule has 0 saturated carbocycles. The monoisotopic (exact) mass is 1300 g/mol. The number of aromatic hydroxyl groups is 2. The average molecular weight is 1300 g/mol. The Kier molecular flexibility index (Phi) is 34.0. The maximum absolute atomic E-state index is 13.5. The lowest BCUT2D eigenvalue weighted by atomic mass is 9.87. The van der Waals surface area contributed by atoms with Crippen LogP contribution in [0.4, 0.5) is 19.2 Å². The van der Waals surface area contributed by atoms with Crippen LogP contribution in [0.15, 0.2) is 115 Å². The van der Waals surface area contributed by atoms with Gasteiger partial charge >= 0.3 is 24.4 Å². The molecule has 94 heavy (non-hydrogen) atoms. The van der Waals surface area contributed by atoms with Crippen molar-refractivity contribution in [2.45, 2.75) is 203 Å². The molecule has 0 saturated heterocycles. The van der Waals surface area contributed by atoms with Crippen molar-refractivity contribution >= 4 is 53.3 Å². The summed E-state index contributed by atoms with van der Waals surface area (Å²) in [5.74, 6) is -1.51. The van der Waals surface area contributed by atoms with E-state index in [4.69, 9.17) is 24.7 Å². The van der Waals surface area contributed by atoms with Crippen LogP contribution >= 0.6 is 0 Å². The molecule has 0 aliphatic carbocycles. The fraction of sp³-hybridized carbons (Fsp3) is 0.473. The van der Waals surface area contributed by atoms with Gasteiger partial charge in [0, 0.05) is 50.6 Å². The number of nitrogens with two attached hydrogens (primary N) is 1. The predicted molar refractivity (Wildman–Crippen MR) is 362 cm³/mol. The lowest BCUT2D eigenvalue weighted by Gasteiger charge is -2.25. The summed E-state index contributed by atoms with van der Waals surface area (Å²) in [6, 6.07) is 32.7. The molecule has 0 aliphatic rings. The molecule has 5 unspecified atom stereocenters. The average Bonchev–Trinajstić information content (AvgIpc) is 0.905. The number of carbonyl (C=O) groups is 9. The third kappa shape index (κ3) is 32.6. The third-order valence-electron chi connectivity index (χ3n) is 15.1. The maximum atomic E-state index is 13.5. The van der Waals surface area contributed by atoms with Crippen LogP contribution in [-0.4, -0.2) is 106 Å². The summed E-state index contributed by atoms with van der Waals surface area (Å²) in [5.41, 5.74) is 11.9. The van der Waals surface area contributed by atoms with Crippen LogP contribution in [0.3, 0.4) is 0 Å². The molecular weight excluding hydrogens is 1200 g/mol. The van der Waals surface area contributed by atoms with Gasteiger partial charge in [-0.1, -0.05) is 104 Å². The summed E-state index contributed by atoms with van der Waals surface area (Å²) in [6.07, 6.45) is 1.95. The molecule has 0 aromatic heterocycles. The minimum Gasteiger partial charge on any atom is -0.508 e. The molecular formula is C74H101N5O15. The maximum Gasteiger partial charge on any atom is 0.408 e. The van der Waals surface area contributed by atoms with Gasteiger partial charge in [0.25, 0.3) is 0 Å². The molecule has 0 spiro atoms. The minimum atomic E-state index is -0.920. The van der Waals surface area contributed by atoms with Crippen LogP contribution in [0.25, 0.3) is 0 Å². The number of aryl methyl sites for hydroxylation is 4. The highest BCUT2D eigenvalue weighted by Gasteiger charge is 2.31. The van der Waals surface area contributed by atoms with E-state index in [-0.39, 0.29) is 85.4 Å². The number of rotatable bonds is 31. The summed E-state index contributed by atoms with van der Waals surface area (Å²) in [7, 11) is 0. The van der Waals surface area contributed by atoms with E-state index in [1.807, 2.05) is 119 Å². The topological polar surface area (TPSA) is 305 Å². The number of Topliss-reactive ketones (excluding diaryl/α,β-unsaturated/α-hetero) is 5. The number of phenols is 2. The Morgan fingerprint density at radius 3 is 1.15 bits per heavy atom. The fourth-order valence-corrected chi connectivity index (χ4v) is 10.0.